The van der Waals surface area contributed by atoms with E-state index in [0.717, 1.165) is 6.08 Å². The predicted octanol–water partition coefficient (Wildman–Crippen LogP) is 1.33. The molecule has 0 spiro atoms. The van der Waals surface area contributed by atoms with Gasteiger partial charge in [-0.2, -0.15) is 13.2 Å². The normalized spacial score (nSPS) is 18.2. The first kappa shape index (κ1) is 8.83. The molecule has 0 saturated carbocycles. The number of amides is 1. The van der Waals surface area contributed by atoms with E-state index in [4.69, 9.17) is 0 Å². The average molecular weight is 175 g/mol. The monoisotopic (exact) mass is 175 g/mol. The molecular weight excluding hydrogens is 171 g/mol. The van der Waals surface area contributed by atoms with Crippen LogP contribution in [-0.2, 0) is 4.79 Å². The number of hydrogen-bond donors (Lipinski definition) is 0. The van der Waals surface area contributed by atoms with Crippen molar-refractivity contribution in [2.45, 2.75) is 13.1 Å². The van der Waals surface area contributed by atoms with Crippen LogP contribution in [0.2, 0.25) is 0 Å². The fraction of sp³-hybridized carbons (Fsp3) is 0.286. The highest BCUT2D eigenvalue weighted by molar-refractivity contribution is 5.87. The standard InChI is InChI=1S/C7H4F3NO/c1-4-2-5(7(8,9)10)3-6(12)11-4/h2H,1H3. The van der Waals surface area contributed by atoms with Gasteiger partial charge < -0.3 is 0 Å². The smallest absolute Gasteiger partial charge is 0.267 e. The van der Waals surface area contributed by atoms with Crippen molar-refractivity contribution in [3.63, 3.8) is 0 Å². The molecule has 0 fully saturated rings. The van der Waals surface area contributed by atoms with Crippen LogP contribution in [-0.4, -0.2) is 12.1 Å². The van der Waals surface area contributed by atoms with Gasteiger partial charge in [0.2, 0.25) is 0 Å². The first-order valence-corrected chi connectivity index (χ1v) is 3.05. The Labute approximate surface area is 66.8 Å². The van der Waals surface area contributed by atoms with Crippen molar-refractivity contribution < 1.29 is 18.0 Å². The van der Waals surface area contributed by atoms with Crippen LogP contribution in [0.5, 0.6) is 0 Å². The zero-order valence-corrected chi connectivity index (χ0v) is 6.07. The Balaban J connectivity index is 2.99. The van der Waals surface area contributed by atoms with E-state index >= 15 is 0 Å². The highest BCUT2D eigenvalue weighted by Gasteiger charge is 2.34. The van der Waals surface area contributed by atoms with Crippen LogP contribution in [0.25, 0.3) is 0 Å². The Morgan fingerprint density at radius 3 is 2.50 bits per heavy atom. The molecule has 2 radical (unpaired) electrons. The van der Waals surface area contributed by atoms with Gasteiger partial charge in [-0.25, -0.2) is 5.32 Å². The van der Waals surface area contributed by atoms with Gasteiger partial charge in [0.1, 0.15) is 0 Å². The fourth-order valence-corrected chi connectivity index (χ4v) is 0.733. The van der Waals surface area contributed by atoms with Gasteiger partial charge in [0.05, 0.1) is 11.6 Å². The number of hydrogen-bond acceptors (Lipinski definition) is 1. The van der Waals surface area contributed by atoms with Crippen LogP contribution in [0.15, 0.2) is 17.3 Å². The molecule has 1 amide bonds. The first-order chi connectivity index (χ1) is 5.39. The zero-order chi connectivity index (χ0) is 9.35. The van der Waals surface area contributed by atoms with E-state index in [1.807, 2.05) is 0 Å². The lowest BCUT2D eigenvalue weighted by atomic mass is 10.1. The van der Waals surface area contributed by atoms with E-state index < -0.39 is 17.7 Å². The van der Waals surface area contributed by atoms with Crippen LogP contribution in [0.4, 0.5) is 13.2 Å². The molecule has 0 N–H and O–H groups in total. The molecular formula is C7H4F3NO. The van der Waals surface area contributed by atoms with E-state index in [-0.39, 0.29) is 5.70 Å². The minimum absolute atomic E-state index is 0.0473. The minimum atomic E-state index is -4.52. The van der Waals surface area contributed by atoms with Gasteiger partial charge in [-0.3, -0.25) is 4.79 Å². The zero-order valence-electron chi connectivity index (χ0n) is 6.07. The van der Waals surface area contributed by atoms with E-state index in [1.54, 1.807) is 6.08 Å². The lowest BCUT2D eigenvalue weighted by Crippen LogP contribution is -2.22. The van der Waals surface area contributed by atoms with Crippen LogP contribution in [0.1, 0.15) is 6.92 Å². The molecule has 0 saturated heterocycles. The SMILES string of the molecule is CC1=CC(C(F)(F)F)=[C]C(=O)[N]1. The molecule has 0 unspecified atom stereocenters. The third-order valence-corrected chi connectivity index (χ3v) is 1.18. The summed E-state index contributed by atoms with van der Waals surface area (Å²) in [5.41, 5.74) is -1.02. The molecule has 0 aromatic carbocycles. The van der Waals surface area contributed by atoms with E-state index in [1.165, 1.54) is 6.92 Å². The summed E-state index contributed by atoms with van der Waals surface area (Å²) in [4.78, 5) is 10.5. The Kier molecular flexibility index (Phi) is 1.95. The summed E-state index contributed by atoms with van der Waals surface area (Å²) in [6.07, 6.45) is -2.15. The molecule has 2 nitrogen and oxygen atoms in total. The van der Waals surface area contributed by atoms with Crippen molar-refractivity contribution in [2.75, 3.05) is 0 Å². The number of nitrogens with zero attached hydrogens (tertiary/aromatic N) is 1. The molecule has 1 aliphatic rings. The molecule has 64 valence electrons. The first-order valence-electron chi connectivity index (χ1n) is 3.05. The van der Waals surface area contributed by atoms with Crippen molar-refractivity contribution in [2.24, 2.45) is 0 Å². The lowest BCUT2D eigenvalue weighted by molar-refractivity contribution is -0.118. The van der Waals surface area contributed by atoms with Gasteiger partial charge in [-0.15, -0.1) is 0 Å². The number of allylic oxidation sites excluding steroid dienone is 3. The largest absolute Gasteiger partial charge is 0.417 e. The molecule has 1 heterocycles. The van der Waals surface area contributed by atoms with E-state index in [2.05, 4.69) is 5.32 Å². The second kappa shape index (κ2) is 2.66. The van der Waals surface area contributed by atoms with Crippen LogP contribution >= 0.6 is 0 Å². The molecule has 0 bridgehead atoms. The number of rotatable bonds is 0. The number of carbonyl (C=O) groups is 1. The second-order valence-corrected chi connectivity index (χ2v) is 2.24. The Morgan fingerprint density at radius 1 is 1.50 bits per heavy atom. The van der Waals surface area contributed by atoms with Crippen molar-refractivity contribution in [1.82, 2.24) is 5.32 Å². The topological polar surface area (TPSA) is 31.2 Å². The Bertz CT molecular complexity index is 275. The fourth-order valence-electron chi connectivity index (χ4n) is 0.733. The maximum atomic E-state index is 11.9. The number of carbonyl (C=O) groups excluding carboxylic acids is 1. The van der Waals surface area contributed by atoms with Gasteiger partial charge in [0.15, 0.2) is 0 Å². The summed E-state index contributed by atoms with van der Waals surface area (Å²) in [5, 5.41) is 3.24. The third kappa shape index (κ3) is 1.87. The quantitative estimate of drug-likeness (QED) is 0.546. The summed E-state index contributed by atoms with van der Waals surface area (Å²) in [6.45, 7) is 1.32. The molecule has 0 aromatic rings. The molecule has 12 heavy (non-hydrogen) atoms. The van der Waals surface area contributed by atoms with Crippen molar-refractivity contribution in [1.29, 1.82) is 0 Å². The van der Waals surface area contributed by atoms with Gasteiger partial charge in [0, 0.05) is 5.70 Å². The summed E-state index contributed by atoms with van der Waals surface area (Å²) in [6, 6.07) is 0. The lowest BCUT2D eigenvalue weighted by Gasteiger charge is -2.11. The van der Waals surface area contributed by atoms with Gasteiger partial charge >= 0.3 is 6.18 Å². The molecule has 0 atom stereocenters. The molecule has 1 aliphatic heterocycles. The highest BCUT2D eigenvalue weighted by atomic mass is 19.4. The van der Waals surface area contributed by atoms with Crippen molar-refractivity contribution in [3.05, 3.63) is 23.4 Å². The molecule has 0 aliphatic carbocycles. The summed E-state index contributed by atoms with van der Waals surface area (Å²) in [5.74, 6) is -0.984. The Hall–Kier alpha value is -1.26. The average Bonchev–Trinajstić information content (AvgIpc) is 1.82. The van der Waals surface area contributed by atoms with Gasteiger partial charge in [-0.1, -0.05) is 0 Å². The van der Waals surface area contributed by atoms with Crippen LogP contribution < -0.4 is 5.32 Å². The summed E-state index contributed by atoms with van der Waals surface area (Å²) < 4.78 is 35.8. The molecule has 1 rings (SSSR count). The predicted molar refractivity (Wildman–Crippen MR) is 33.7 cm³/mol. The van der Waals surface area contributed by atoms with E-state index in [0.29, 0.717) is 0 Å². The minimum Gasteiger partial charge on any atom is -0.267 e. The van der Waals surface area contributed by atoms with Gasteiger partial charge in [0.25, 0.3) is 5.91 Å². The van der Waals surface area contributed by atoms with E-state index in [9.17, 15) is 18.0 Å². The Morgan fingerprint density at radius 2 is 2.08 bits per heavy atom. The number of halogens is 3. The maximum Gasteiger partial charge on any atom is 0.417 e. The van der Waals surface area contributed by atoms with Crippen molar-refractivity contribution in [3.8, 4) is 0 Å². The molecule has 5 heteroatoms. The molecule has 0 aromatic heterocycles. The van der Waals surface area contributed by atoms with Gasteiger partial charge in [-0.05, 0) is 13.0 Å². The third-order valence-electron chi connectivity index (χ3n) is 1.18. The summed E-state index contributed by atoms with van der Waals surface area (Å²) in [7, 11) is 0. The summed E-state index contributed by atoms with van der Waals surface area (Å²) >= 11 is 0. The highest BCUT2D eigenvalue weighted by Crippen LogP contribution is 2.28. The van der Waals surface area contributed by atoms with Crippen LogP contribution in [0, 0.1) is 6.08 Å². The van der Waals surface area contributed by atoms with Crippen LogP contribution in [0.3, 0.4) is 0 Å². The second-order valence-electron chi connectivity index (χ2n) is 2.24. The van der Waals surface area contributed by atoms with Crippen molar-refractivity contribution >= 4 is 5.91 Å². The number of alkyl halides is 3. The maximum absolute atomic E-state index is 11.9.